The van der Waals surface area contributed by atoms with Crippen molar-refractivity contribution in [1.82, 2.24) is 15.1 Å². The monoisotopic (exact) mass is 347 g/mol. The number of nitrogens with one attached hydrogen (secondary N) is 1. The highest BCUT2D eigenvalue weighted by Crippen LogP contribution is 2.30. The lowest BCUT2D eigenvalue weighted by molar-refractivity contribution is 0.431. The fourth-order valence-corrected chi connectivity index (χ4v) is 2.98. The van der Waals surface area contributed by atoms with Crippen LogP contribution in [-0.2, 0) is 13.5 Å². The number of halogens is 1. The van der Waals surface area contributed by atoms with Crippen molar-refractivity contribution < 1.29 is 4.42 Å². The van der Waals surface area contributed by atoms with Gasteiger partial charge in [0.05, 0.1) is 16.2 Å². The summed E-state index contributed by atoms with van der Waals surface area (Å²) in [7, 11) is 1.93. The van der Waals surface area contributed by atoms with Gasteiger partial charge in [0.2, 0.25) is 0 Å². The quantitative estimate of drug-likeness (QED) is 0.762. The number of aryl methyl sites for hydroxylation is 1. The Bertz CT molecular complexity index is 747. The lowest BCUT2D eigenvalue weighted by Crippen LogP contribution is -2.22. The Morgan fingerprint density at radius 2 is 2.24 bits per heavy atom. The van der Waals surface area contributed by atoms with Gasteiger partial charge in [0.15, 0.2) is 0 Å². The number of para-hydroxylation sites is 1. The van der Waals surface area contributed by atoms with Gasteiger partial charge in [-0.15, -0.1) is 0 Å². The molecule has 0 aliphatic carbocycles. The number of likely N-dealkylation sites (N-methyl/N-ethyl adjacent to an activating group) is 1. The van der Waals surface area contributed by atoms with E-state index >= 15 is 0 Å². The van der Waals surface area contributed by atoms with Gasteiger partial charge < -0.3 is 9.73 Å². The smallest absolute Gasteiger partial charge is 0.148 e. The van der Waals surface area contributed by atoms with Crippen molar-refractivity contribution in [3.8, 4) is 0 Å². The minimum Gasteiger partial charge on any atom is -0.458 e. The first-order valence-corrected chi connectivity index (χ1v) is 7.86. The van der Waals surface area contributed by atoms with E-state index in [1.54, 1.807) is 0 Å². The third-order valence-electron chi connectivity index (χ3n) is 3.49. The average Bonchev–Trinajstić information content (AvgIpc) is 3.05. The topological polar surface area (TPSA) is 43.0 Å². The van der Waals surface area contributed by atoms with Gasteiger partial charge >= 0.3 is 0 Å². The van der Waals surface area contributed by atoms with E-state index in [4.69, 9.17) is 4.42 Å². The summed E-state index contributed by atoms with van der Waals surface area (Å²) in [6.45, 7) is 2.99. The van der Waals surface area contributed by atoms with E-state index in [9.17, 15) is 0 Å². The molecule has 1 unspecified atom stereocenters. The number of fused-ring (bicyclic) bond motifs is 1. The van der Waals surface area contributed by atoms with E-state index in [2.05, 4.69) is 45.4 Å². The van der Waals surface area contributed by atoms with E-state index in [-0.39, 0.29) is 6.04 Å². The Hall–Kier alpha value is -1.59. The summed E-state index contributed by atoms with van der Waals surface area (Å²) in [5.41, 5.74) is 1.96. The number of hydrogen-bond acceptors (Lipinski definition) is 3. The molecule has 0 spiro atoms. The molecule has 1 N–H and O–H groups in total. The fourth-order valence-electron chi connectivity index (χ4n) is 2.52. The lowest BCUT2D eigenvalue weighted by atomic mass is 10.1. The second kappa shape index (κ2) is 6.03. The van der Waals surface area contributed by atoms with E-state index in [1.807, 2.05) is 36.1 Å². The van der Waals surface area contributed by atoms with Crippen molar-refractivity contribution in [3.63, 3.8) is 0 Å². The number of aromatic nitrogens is 2. The Balaban J connectivity index is 1.93. The van der Waals surface area contributed by atoms with Crippen LogP contribution in [-0.4, -0.2) is 16.3 Å². The molecule has 0 saturated heterocycles. The zero-order chi connectivity index (χ0) is 14.8. The molecule has 0 aliphatic heterocycles. The van der Waals surface area contributed by atoms with E-state index in [0.29, 0.717) is 0 Å². The van der Waals surface area contributed by atoms with Crippen LogP contribution in [0.25, 0.3) is 11.0 Å². The van der Waals surface area contributed by atoms with Crippen LogP contribution < -0.4 is 5.32 Å². The van der Waals surface area contributed by atoms with Gasteiger partial charge in [0.25, 0.3) is 0 Å². The molecule has 0 fully saturated rings. The highest BCUT2D eigenvalue weighted by atomic mass is 79.9. The molecule has 0 bridgehead atoms. The Kier molecular flexibility index (Phi) is 4.12. The first kappa shape index (κ1) is 14.4. The van der Waals surface area contributed by atoms with Crippen molar-refractivity contribution in [2.75, 3.05) is 6.54 Å². The predicted molar refractivity (Wildman–Crippen MR) is 87.2 cm³/mol. The maximum atomic E-state index is 6.05. The third kappa shape index (κ3) is 3.04. The molecular formula is C16H18BrN3O. The molecule has 3 aromatic rings. The maximum Gasteiger partial charge on any atom is 0.148 e. The molecule has 0 aliphatic rings. The van der Waals surface area contributed by atoms with Gasteiger partial charge in [-0.3, -0.25) is 4.68 Å². The molecule has 5 heteroatoms. The molecule has 0 radical (unpaired) electrons. The molecule has 110 valence electrons. The Morgan fingerprint density at radius 1 is 1.38 bits per heavy atom. The second-order valence-electron chi connectivity index (χ2n) is 5.10. The van der Waals surface area contributed by atoms with Gasteiger partial charge in [0.1, 0.15) is 11.3 Å². The highest BCUT2D eigenvalue weighted by Gasteiger charge is 2.18. The minimum absolute atomic E-state index is 0.129. The standard InChI is InChI=1S/C16H18BrN3O/c1-3-18-14(10-12-7-8-20(2)19-12)15-9-11-5-4-6-13(17)16(11)21-15/h4-9,14,18H,3,10H2,1-2H3. The maximum absolute atomic E-state index is 6.05. The summed E-state index contributed by atoms with van der Waals surface area (Å²) >= 11 is 3.54. The highest BCUT2D eigenvalue weighted by molar-refractivity contribution is 9.10. The zero-order valence-corrected chi connectivity index (χ0v) is 13.7. The molecule has 0 saturated carbocycles. The van der Waals surface area contributed by atoms with E-state index in [1.165, 1.54) is 0 Å². The van der Waals surface area contributed by atoms with Gasteiger partial charge in [-0.05, 0) is 40.7 Å². The SMILES string of the molecule is CCNC(Cc1ccn(C)n1)c1cc2cccc(Br)c2o1. The van der Waals surface area contributed by atoms with Gasteiger partial charge in [-0.1, -0.05) is 19.1 Å². The van der Waals surface area contributed by atoms with Crippen LogP contribution in [0.2, 0.25) is 0 Å². The predicted octanol–water partition coefficient (Wildman–Crippen LogP) is 3.82. The van der Waals surface area contributed by atoms with Crippen molar-refractivity contribution in [3.05, 3.63) is 52.5 Å². The lowest BCUT2D eigenvalue weighted by Gasteiger charge is -2.13. The molecule has 21 heavy (non-hydrogen) atoms. The zero-order valence-electron chi connectivity index (χ0n) is 12.1. The number of benzene rings is 1. The van der Waals surface area contributed by atoms with Gasteiger partial charge in [0, 0.05) is 25.1 Å². The Morgan fingerprint density at radius 3 is 2.90 bits per heavy atom. The summed E-state index contributed by atoms with van der Waals surface area (Å²) in [6, 6.07) is 10.4. The Labute approximate surface area is 132 Å². The van der Waals surface area contributed by atoms with E-state index < -0.39 is 0 Å². The third-order valence-corrected chi connectivity index (χ3v) is 4.12. The molecule has 2 aromatic heterocycles. The molecule has 1 atom stereocenters. The number of hydrogen-bond donors (Lipinski definition) is 1. The van der Waals surface area contributed by atoms with E-state index in [0.717, 1.165) is 39.9 Å². The van der Waals surface area contributed by atoms with Crippen LogP contribution in [0.5, 0.6) is 0 Å². The summed E-state index contributed by atoms with van der Waals surface area (Å²) in [6.07, 6.45) is 2.78. The first-order valence-electron chi connectivity index (χ1n) is 7.07. The van der Waals surface area contributed by atoms with Crippen molar-refractivity contribution in [1.29, 1.82) is 0 Å². The first-order chi connectivity index (χ1) is 10.2. The van der Waals surface area contributed by atoms with Crippen LogP contribution in [0, 0.1) is 0 Å². The summed E-state index contributed by atoms with van der Waals surface area (Å²) in [5, 5.41) is 9.05. The fraction of sp³-hybridized carbons (Fsp3) is 0.312. The molecule has 0 amide bonds. The molecular weight excluding hydrogens is 330 g/mol. The molecule has 4 nitrogen and oxygen atoms in total. The van der Waals surface area contributed by atoms with Crippen LogP contribution in [0.3, 0.4) is 0 Å². The van der Waals surface area contributed by atoms with Crippen molar-refractivity contribution in [2.45, 2.75) is 19.4 Å². The molecule has 3 rings (SSSR count). The van der Waals surface area contributed by atoms with Crippen molar-refractivity contribution >= 4 is 26.9 Å². The summed E-state index contributed by atoms with van der Waals surface area (Å²) < 4.78 is 8.86. The van der Waals surface area contributed by atoms with Crippen LogP contribution in [0.15, 0.2) is 45.4 Å². The van der Waals surface area contributed by atoms with Gasteiger partial charge in [-0.2, -0.15) is 5.10 Å². The number of furan rings is 1. The average molecular weight is 348 g/mol. The molecule has 1 aromatic carbocycles. The number of nitrogens with zero attached hydrogens (tertiary/aromatic N) is 2. The van der Waals surface area contributed by atoms with Crippen molar-refractivity contribution in [2.24, 2.45) is 7.05 Å². The number of rotatable bonds is 5. The minimum atomic E-state index is 0.129. The molecule has 2 heterocycles. The largest absolute Gasteiger partial charge is 0.458 e. The van der Waals surface area contributed by atoms with Crippen LogP contribution >= 0.6 is 15.9 Å². The normalized spacial score (nSPS) is 12.9. The van der Waals surface area contributed by atoms with Crippen LogP contribution in [0.1, 0.15) is 24.4 Å². The summed E-state index contributed by atoms with van der Waals surface area (Å²) in [4.78, 5) is 0. The van der Waals surface area contributed by atoms with Gasteiger partial charge in [-0.25, -0.2) is 0 Å². The second-order valence-corrected chi connectivity index (χ2v) is 5.96. The van der Waals surface area contributed by atoms with Crippen LogP contribution in [0.4, 0.5) is 0 Å². The summed E-state index contributed by atoms with van der Waals surface area (Å²) in [5.74, 6) is 0.949.